The molecule has 102 valence electrons. The third-order valence-corrected chi connectivity index (χ3v) is 2.99. The number of phenolic OH excluding ortho intramolecular Hbond substituents is 1. The minimum atomic E-state index is -0.504. The highest BCUT2D eigenvalue weighted by atomic mass is 16.6. The molecule has 2 rings (SSSR count). The zero-order valence-corrected chi connectivity index (χ0v) is 11.2. The molecule has 0 atom stereocenters. The van der Waals surface area contributed by atoms with Gasteiger partial charge in [-0.25, -0.2) is 0 Å². The van der Waals surface area contributed by atoms with Crippen molar-refractivity contribution in [1.29, 1.82) is 0 Å². The lowest BCUT2D eigenvalue weighted by Crippen LogP contribution is -1.90. The number of nitrogens with zero attached hydrogens (tertiary/aromatic N) is 2. The van der Waals surface area contributed by atoms with Gasteiger partial charge in [-0.2, -0.15) is 0 Å². The third-order valence-electron chi connectivity index (χ3n) is 2.99. The summed E-state index contributed by atoms with van der Waals surface area (Å²) < 4.78 is 0. The van der Waals surface area contributed by atoms with E-state index in [-0.39, 0.29) is 11.4 Å². The predicted octanol–water partition coefficient (Wildman–Crippen LogP) is 3.67. The summed E-state index contributed by atoms with van der Waals surface area (Å²) in [5, 5.41) is 20.4. The second-order valence-corrected chi connectivity index (χ2v) is 4.50. The Morgan fingerprint density at radius 3 is 2.45 bits per heavy atom. The molecule has 0 aliphatic rings. The second kappa shape index (κ2) is 5.52. The molecule has 0 saturated carbocycles. The molecule has 0 aliphatic carbocycles. The maximum absolute atomic E-state index is 10.7. The van der Waals surface area contributed by atoms with Gasteiger partial charge >= 0.3 is 0 Å². The van der Waals surface area contributed by atoms with Crippen LogP contribution in [-0.4, -0.2) is 16.2 Å². The lowest BCUT2D eigenvalue weighted by molar-refractivity contribution is -0.384. The lowest BCUT2D eigenvalue weighted by Gasteiger charge is -2.04. The van der Waals surface area contributed by atoms with Crippen LogP contribution in [0.1, 0.15) is 16.7 Å². The van der Waals surface area contributed by atoms with E-state index >= 15 is 0 Å². The van der Waals surface area contributed by atoms with Gasteiger partial charge in [-0.1, -0.05) is 18.2 Å². The number of nitro groups is 1. The molecule has 0 heterocycles. The molecule has 0 unspecified atom stereocenters. The van der Waals surface area contributed by atoms with Crippen molar-refractivity contribution in [2.45, 2.75) is 13.8 Å². The van der Waals surface area contributed by atoms with Crippen molar-refractivity contribution in [2.24, 2.45) is 4.99 Å². The van der Waals surface area contributed by atoms with Crippen LogP contribution >= 0.6 is 0 Å². The van der Waals surface area contributed by atoms with Gasteiger partial charge in [-0.15, -0.1) is 0 Å². The molecule has 0 radical (unpaired) electrons. The Morgan fingerprint density at radius 1 is 1.20 bits per heavy atom. The van der Waals surface area contributed by atoms with Crippen LogP contribution in [0.15, 0.2) is 41.4 Å². The minimum Gasteiger partial charge on any atom is -0.507 e. The summed E-state index contributed by atoms with van der Waals surface area (Å²) in [5.74, 6) is -0.0365. The molecule has 1 N–H and O–H groups in total. The standard InChI is InChI=1S/C15H14N2O3/c1-10-4-3-5-11(2)15(10)16-9-12-8-13(17(19)20)6-7-14(12)18/h3-9,18H,1-2H3/b16-9+. The first kappa shape index (κ1) is 13.7. The monoisotopic (exact) mass is 270 g/mol. The zero-order chi connectivity index (χ0) is 14.7. The van der Waals surface area contributed by atoms with Gasteiger partial charge in [-0.05, 0) is 31.0 Å². The fourth-order valence-corrected chi connectivity index (χ4v) is 1.90. The number of rotatable bonds is 3. The molecule has 0 bridgehead atoms. The van der Waals surface area contributed by atoms with Crippen molar-refractivity contribution in [3.63, 3.8) is 0 Å². The van der Waals surface area contributed by atoms with E-state index in [1.54, 1.807) is 0 Å². The van der Waals surface area contributed by atoms with Crippen molar-refractivity contribution in [1.82, 2.24) is 0 Å². The Hall–Kier alpha value is -2.69. The number of hydrogen-bond donors (Lipinski definition) is 1. The molecule has 0 amide bonds. The molecule has 20 heavy (non-hydrogen) atoms. The van der Waals surface area contributed by atoms with Gasteiger partial charge in [0.15, 0.2) is 0 Å². The SMILES string of the molecule is Cc1cccc(C)c1/N=C/c1cc([N+](=O)[O-])ccc1O. The fraction of sp³-hybridized carbons (Fsp3) is 0.133. The van der Waals surface area contributed by atoms with E-state index in [0.29, 0.717) is 5.56 Å². The summed E-state index contributed by atoms with van der Waals surface area (Å²) >= 11 is 0. The summed E-state index contributed by atoms with van der Waals surface area (Å²) in [6.45, 7) is 3.87. The first-order chi connectivity index (χ1) is 9.49. The number of para-hydroxylation sites is 1. The highest BCUT2D eigenvalue weighted by Gasteiger charge is 2.09. The number of nitro benzene ring substituents is 1. The van der Waals surface area contributed by atoms with E-state index in [1.807, 2.05) is 32.0 Å². The van der Waals surface area contributed by atoms with Crippen molar-refractivity contribution in [3.8, 4) is 5.75 Å². The first-order valence-electron chi connectivity index (χ1n) is 6.06. The summed E-state index contributed by atoms with van der Waals surface area (Å²) in [6.07, 6.45) is 1.44. The van der Waals surface area contributed by atoms with Crippen LogP contribution in [0.4, 0.5) is 11.4 Å². The largest absolute Gasteiger partial charge is 0.507 e. The number of aliphatic imine (C=N–C) groups is 1. The molecule has 0 aromatic heterocycles. The quantitative estimate of drug-likeness (QED) is 0.525. The molecule has 5 heteroatoms. The molecule has 5 nitrogen and oxygen atoms in total. The summed E-state index contributed by atoms with van der Waals surface area (Å²) in [5.41, 5.74) is 3.06. The van der Waals surface area contributed by atoms with Crippen molar-refractivity contribution >= 4 is 17.6 Å². The highest BCUT2D eigenvalue weighted by Crippen LogP contribution is 2.25. The zero-order valence-electron chi connectivity index (χ0n) is 11.2. The summed E-state index contributed by atoms with van der Waals surface area (Å²) in [4.78, 5) is 14.6. The topological polar surface area (TPSA) is 75.7 Å². The summed E-state index contributed by atoms with van der Waals surface area (Å²) in [6, 6.07) is 9.66. The Morgan fingerprint density at radius 2 is 1.85 bits per heavy atom. The number of phenols is 1. The Bertz CT molecular complexity index is 673. The fourth-order valence-electron chi connectivity index (χ4n) is 1.90. The molecule has 0 fully saturated rings. The van der Waals surface area contributed by atoms with E-state index in [4.69, 9.17) is 0 Å². The average molecular weight is 270 g/mol. The van der Waals surface area contributed by atoms with Gasteiger partial charge in [0.1, 0.15) is 5.75 Å². The molecular formula is C15H14N2O3. The van der Waals surface area contributed by atoms with Crippen LogP contribution in [0.3, 0.4) is 0 Å². The average Bonchev–Trinajstić information content (AvgIpc) is 2.39. The van der Waals surface area contributed by atoms with Crippen LogP contribution in [-0.2, 0) is 0 Å². The number of aryl methyl sites for hydroxylation is 2. The molecule has 2 aromatic carbocycles. The van der Waals surface area contributed by atoms with Crippen LogP contribution < -0.4 is 0 Å². The van der Waals surface area contributed by atoms with E-state index < -0.39 is 4.92 Å². The molecule has 0 spiro atoms. The normalized spacial score (nSPS) is 10.9. The number of aromatic hydroxyl groups is 1. The van der Waals surface area contributed by atoms with Gasteiger partial charge in [0, 0.05) is 23.9 Å². The van der Waals surface area contributed by atoms with Crippen molar-refractivity contribution < 1.29 is 10.0 Å². The lowest BCUT2D eigenvalue weighted by atomic mass is 10.1. The smallest absolute Gasteiger partial charge is 0.270 e. The van der Waals surface area contributed by atoms with Crippen molar-refractivity contribution in [3.05, 3.63) is 63.2 Å². The Kier molecular flexibility index (Phi) is 3.79. The van der Waals surface area contributed by atoms with Crippen molar-refractivity contribution in [2.75, 3.05) is 0 Å². The Labute approximate surface area is 116 Å². The maximum atomic E-state index is 10.7. The van der Waals surface area contributed by atoms with E-state index in [0.717, 1.165) is 16.8 Å². The molecule has 0 saturated heterocycles. The van der Waals surface area contributed by atoms with Crippen LogP contribution in [0.5, 0.6) is 5.75 Å². The molecule has 0 aliphatic heterocycles. The van der Waals surface area contributed by atoms with Crippen LogP contribution in [0.25, 0.3) is 0 Å². The number of non-ortho nitro benzene ring substituents is 1. The van der Waals surface area contributed by atoms with E-state index in [2.05, 4.69) is 4.99 Å². The van der Waals surface area contributed by atoms with Gasteiger partial charge in [0.05, 0.1) is 10.6 Å². The maximum Gasteiger partial charge on any atom is 0.270 e. The third kappa shape index (κ3) is 2.83. The van der Waals surface area contributed by atoms with Gasteiger partial charge in [0.25, 0.3) is 5.69 Å². The minimum absolute atomic E-state index is 0.0365. The second-order valence-electron chi connectivity index (χ2n) is 4.50. The van der Waals surface area contributed by atoms with Crippen LogP contribution in [0.2, 0.25) is 0 Å². The predicted molar refractivity (Wildman–Crippen MR) is 77.9 cm³/mol. The van der Waals surface area contributed by atoms with Gasteiger partial charge in [-0.3, -0.25) is 15.1 Å². The molecular weight excluding hydrogens is 256 g/mol. The van der Waals surface area contributed by atoms with Gasteiger partial charge in [0.2, 0.25) is 0 Å². The number of benzene rings is 2. The van der Waals surface area contributed by atoms with E-state index in [9.17, 15) is 15.2 Å². The van der Waals surface area contributed by atoms with E-state index in [1.165, 1.54) is 24.4 Å². The number of hydrogen-bond acceptors (Lipinski definition) is 4. The highest BCUT2D eigenvalue weighted by molar-refractivity contribution is 5.86. The van der Waals surface area contributed by atoms with Gasteiger partial charge < -0.3 is 5.11 Å². The first-order valence-corrected chi connectivity index (χ1v) is 6.06. The van der Waals surface area contributed by atoms with Crippen LogP contribution in [0, 0.1) is 24.0 Å². The Balaban J connectivity index is 2.41. The summed E-state index contributed by atoms with van der Waals surface area (Å²) in [7, 11) is 0. The molecule has 2 aromatic rings.